The van der Waals surface area contributed by atoms with E-state index in [4.69, 9.17) is 5.73 Å². The number of nitrogens with two attached hydrogens (primary N) is 1. The molecule has 5 nitrogen and oxygen atoms in total. The van der Waals surface area contributed by atoms with Gasteiger partial charge in [-0.3, -0.25) is 4.79 Å². The molecule has 0 aliphatic heterocycles. The molecule has 0 heterocycles. The summed E-state index contributed by atoms with van der Waals surface area (Å²) < 4.78 is 0. The lowest BCUT2D eigenvalue weighted by molar-refractivity contribution is -0.149. The monoisotopic (exact) mass is 284 g/mol. The van der Waals surface area contributed by atoms with E-state index >= 15 is 0 Å². The van der Waals surface area contributed by atoms with Crippen LogP contribution in [0.15, 0.2) is 0 Å². The molecular formula is C15H28N2O3. The van der Waals surface area contributed by atoms with E-state index in [-0.39, 0.29) is 12.3 Å². The molecule has 0 aromatic heterocycles. The number of rotatable bonds is 6. The molecule has 1 saturated carbocycles. The second kappa shape index (κ2) is 6.57. The Bertz CT molecular complexity index is 353. The molecule has 20 heavy (non-hydrogen) atoms. The fourth-order valence-corrected chi connectivity index (χ4v) is 2.74. The van der Waals surface area contributed by atoms with Crippen molar-refractivity contribution < 1.29 is 14.7 Å². The lowest BCUT2D eigenvalue weighted by Gasteiger charge is -2.37. The second-order valence-corrected chi connectivity index (χ2v) is 6.78. The summed E-state index contributed by atoms with van der Waals surface area (Å²) in [5.74, 6) is -0.532. The number of hydrogen-bond acceptors (Lipinski definition) is 3. The highest BCUT2D eigenvalue weighted by atomic mass is 16.4. The van der Waals surface area contributed by atoms with Crippen LogP contribution in [-0.2, 0) is 9.59 Å². The van der Waals surface area contributed by atoms with Gasteiger partial charge >= 0.3 is 5.97 Å². The SMILES string of the molecule is CCC1CCC(NC(=O)CCC(C)(C)N)(C(=O)O)CC1. The standard InChI is InChI=1S/C15H28N2O3/c1-4-11-5-9-15(10-6-11,13(19)20)17-12(18)7-8-14(2,3)16/h11H,4-10,16H2,1-3H3,(H,17,18)(H,19,20). The van der Waals surface area contributed by atoms with Crippen molar-refractivity contribution in [2.45, 2.75) is 76.8 Å². The summed E-state index contributed by atoms with van der Waals surface area (Å²) in [5, 5.41) is 12.2. The minimum Gasteiger partial charge on any atom is -0.480 e. The first kappa shape index (κ1) is 17.0. The molecule has 0 unspecified atom stereocenters. The van der Waals surface area contributed by atoms with Crippen LogP contribution >= 0.6 is 0 Å². The molecule has 1 fully saturated rings. The smallest absolute Gasteiger partial charge is 0.329 e. The molecule has 0 spiro atoms. The predicted molar refractivity (Wildman–Crippen MR) is 78.3 cm³/mol. The summed E-state index contributed by atoms with van der Waals surface area (Å²) in [6.45, 7) is 5.85. The van der Waals surface area contributed by atoms with E-state index in [1.54, 1.807) is 0 Å². The largest absolute Gasteiger partial charge is 0.480 e. The fourth-order valence-electron chi connectivity index (χ4n) is 2.74. The Balaban J connectivity index is 2.60. The Labute approximate surface area is 121 Å². The molecule has 1 aliphatic carbocycles. The highest BCUT2D eigenvalue weighted by Crippen LogP contribution is 2.34. The van der Waals surface area contributed by atoms with Crippen LogP contribution in [0.3, 0.4) is 0 Å². The van der Waals surface area contributed by atoms with Crippen molar-refractivity contribution in [3.8, 4) is 0 Å². The average molecular weight is 284 g/mol. The summed E-state index contributed by atoms with van der Waals surface area (Å²) in [6, 6.07) is 0. The molecule has 4 N–H and O–H groups in total. The van der Waals surface area contributed by atoms with Gasteiger partial charge in [0.05, 0.1) is 0 Å². The van der Waals surface area contributed by atoms with Crippen molar-refractivity contribution in [2.24, 2.45) is 11.7 Å². The third-order valence-electron chi connectivity index (χ3n) is 4.32. The minimum absolute atomic E-state index is 0.208. The number of carboxylic acid groups (broad SMARTS) is 1. The summed E-state index contributed by atoms with van der Waals surface area (Å²) in [7, 11) is 0. The van der Waals surface area contributed by atoms with Gasteiger partial charge in [-0.25, -0.2) is 4.79 Å². The van der Waals surface area contributed by atoms with Gasteiger partial charge in [-0.2, -0.15) is 0 Å². The van der Waals surface area contributed by atoms with Crippen molar-refractivity contribution in [1.29, 1.82) is 0 Å². The highest BCUT2D eigenvalue weighted by Gasteiger charge is 2.42. The zero-order chi connectivity index (χ0) is 15.4. The maximum absolute atomic E-state index is 12.0. The molecule has 0 aromatic carbocycles. The van der Waals surface area contributed by atoms with Gasteiger partial charge in [0.1, 0.15) is 5.54 Å². The van der Waals surface area contributed by atoms with Crippen LogP contribution in [0, 0.1) is 5.92 Å². The first-order chi connectivity index (χ1) is 9.18. The van der Waals surface area contributed by atoms with Gasteiger partial charge in [-0.1, -0.05) is 13.3 Å². The van der Waals surface area contributed by atoms with Crippen molar-refractivity contribution in [3.05, 3.63) is 0 Å². The van der Waals surface area contributed by atoms with E-state index in [0.717, 1.165) is 19.3 Å². The van der Waals surface area contributed by atoms with Crippen LogP contribution in [0.5, 0.6) is 0 Å². The van der Waals surface area contributed by atoms with Gasteiger partial charge in [-0.15, -0.1) is 0 Å². The lowest BCUT2D eigenvalue weighted by atomic mass is 9.75. The van der Waals surface area contributed by atoms with E-state index in [1.807, 2.05) is 13.8 Å². The quantitative estimate of drug-likeness (QED) is 0.696. The van der Waals surface area contributed by atoms with Crippen molar-refractivity contribution in [3.63, 3.8) is 0 Å². The molecule has 0 radical (unpaired) electrons. The number of aliphatic carboxylic acids is 1. The van der Waals surface area contributed by atoms with Crippen LogP contribution < -0.4 is 11.1 Å². The molecule has 1 amide bonds. The number of nitrogens with one attached hydrogen (secondary N) is 1. The first-order valence-corrected chi connectivity index (χ1v) is 7.52. The molecule has 0 aromatic rings. The zero-order valence-corrected chi connectivity index (χ0v) is 12.9. The van der Waals surface area contributed by atoms with Crippen LogP contribution in [-0.4, -0.2) is 28.1 Å². The van der Waals surface area contributed by atoms with Gasteiger partial charge in [0.15, 0.2) is 0 Å². The van der Waals surface area contributed by atoms with Gasteiger partial charge in [0.25, 0.3) is 0 Å². The Morgan fingerprint density at radius 3 is 2.30 bits per heavy atom. The van der Waals surface area contributed by atoms with Gasteiger partial charge in [-0.05, 0) is 51.9 Å². The topological polar surface area (TPSA) is 92.4 Å². The van der Waals surface area contributed by atoms with Crippen LogP contribution in [0.25, 0.3) is 0 Å². The zero-order valence-electron chi connectivity index (χ0n) is 12.9. The third kappa shape index (κ3) is 4.78. The molecule has 0 saturated heterocycles. The predicted octanol–water partition coefficient (Wildman–Crippen LogP) is 2.04. The molecule has 116 valence electrons. The number of carbonyl (C=O) groups is 2. The molecule has 5 heteroatoms. The average Bonchev–Trinajstić information content (AvgIpc) is 2.36. The van der Waals surface area contributed by atoms with Crippen LogP contribution in [0.1, 0.15) is 65.7 Å². The number of amides is 1. The van der Waals surface area contributed by atoms with E-state index in [2.05, 4.69) is 12.2 Å². The number of hydrogen-bond donors (Lipinski definition) is 3. The van der Waals surface area contributed by atoms with Crippen molar-refractivity contribution in [1.82, 2.24) is 5.32 Å². The summed E-state index contributed by atoms with van der Waals surface area (Å²) in [5.41, 5.74) is 4.37. The summed E-state index contributed by atoms with van der Waals surface area (Å²) >= 11 is 0. The minimum atomic E-state index is -1.07. The maximum Gasteiger partial charge on any atom is 0.329 e. The van der Waals surface area contributed by atoms with E-state index in [1.165, 1.54) is 0 Å². The Kier molecular flexibility index (Phi) is 5.57. The van der Waals surface area contributed by atoms with Gasteiger partial charge in [0.2, 0.25) is 5.91 Å². The third-order valence-corrected chi connectivity index (χ3v) is 4.32. The van der Waals surface area contributed by atoms with Crippen molar-refractivity contribution in [2.75, 3.05) is 0 Å². The fraction of sp³-hybridized carbons (Fsp3) is 0.867. The van der Waals surface area contributed by atoms with Gasteiger partial charge in [0, 0.05) is 12.0 Å². The Morgan fingerprint density at radius 2 is 1.90 bits per heavy atom. The lowest BCUT2D eigenvalue weighted by Crippen LogP contribution is -2.56. The highest BCUT2D eigenvalue weighted by molar-refractivity contribution is 5.87. The summed E-state index contributed by atoms with van der Waals surface area (Å²) in [4.78, 5) is 23.6. The van der Waals surface area contributed by atoms with Crippen LogP contribution in [0.2, 0.25) is 0 Å². The normalized spacial score (nSPS) is 27.1. The van der Waals surface area contributed by atoms with Crippen molar-refractivity contribution >= 4 is 11.9 Å². The van der Waals surface area contributed by atoms with E-state index < -0.39 is 17.0 Å². The van der Waals surface area contributed by atoms with Crippen LogP contribution in [0.4, 0.5) is 0 Å². The van der Waals surface area contributed by atoms with Gasteiger partial charge < -0.3 is 16.2 Å². The second-order valence-electron chi connectivity index (χ2n) is 6.78. The summed E-state index contributed by atoms with van der Waals surface area (Å²) in [6.07, 6.45) is 4.68. The molecule has 1 aliphatic rings. The Morgan fingerprint density at radius 1 is 1.35 bits per heavy atom. The first-order valence-electron chi connectivity index (χ1n) is 7.52. The number of carboxylic acids is 1. The molecule has 0 bridgehead atoms. The molecule has 0 atom stereocenters. The molecular weight excluding hydrogens is 256 g/mol. The Hall–Kier alpha value is -1.10. The number of carbonyl (C=O) groups excluding carboxylic acids is 1. The molecule has 1 rings (SSSR count). The maximum atomic E-state index is 12.0. The van der Waals surface area contributed by atoms with E-state index in [9.17, 15) is 14.7 Å². The van der Waals surface area contributed by atoms with E-state index in [0.29, 0.717) is 25.2 Å².